The van der Waals surface area contributed by atoms with E-state index in [1.165, 1.54) is 0 Å². The van der Waals surface area contributed by atoms with Crippen LogP contribution < -0.4 is 15.5 Å². The van der Waals surface area contributed by atoms with Crippen molar-refractivity contribution in [2.45, 2.75) is 38.8 Å². The Kier molecular flexibility index (Phi) is 5.91. The van der Waals surface area contributed by atoms with Crippen LogP contribution in [0.3, 0.4) is 0 Å². The number of aliphatic hydroxyl groups is 1. The molecule has 0 radical (unpaired) electrons. The van der Waals surface area contributed by atoms with Crippen LogP contribution in [0, 0.1) is 0 Å². The van der Waals surface area contributed by atoms with Gasteiger partial charge in [-0.1, -0.05) is 25.5 Å². The van der Waals surface area contributed by atoms with Crippen molar-refractivity contribution < 1.29 is 14.3 Å². The second-order valence-corrected chi connectivity index (χ2v) is 6.65. The third-order valence-electron chi connectivity index (χ3n) is 4.42. The van der Waals surface area contributed by atoms with Gasteiger partial charge in [-0.05, 0) is 37.6 Å². The summed E-state index contributed by atoms with van der Waals surface area (Å²) in [6.07, 6.45) is 1.58. The first-order chi connectivity index (χ1) is 12.6. The van der Waals surface area contributed by atoms with E-state index in [-0.39, 0.29) is 12.0 Å². The second-order valence-electron chi connectivity index (χ2n) is 6.65. The average Bonchev–Trinajstić information content (AvgIpc) is 2.65. The molecule has 0 fully saturated rings. The summed E-state index contributed by atoms with van der Waals surface area (Å²) in [4.78, 5) is 12.5. The van der Waals surface area contributed by atoms with E-state index in [2.05, 4.69) is 19.2 Å². The molecule has 138 valence electrons. The molecule has 26 heavy (non-hydrogen) atoms. The molecule has 1 aromatic heterocycles. The van der Waals surface area contributed by atoms with Gasteiger partial charge < -0.3 is 19.6 Å². The maximum atomic E-state index is 12.5. The molecule has 2 N–H and O–H groups in total. The Bertz CT molecular complexity index is 934. The maximum absolute atomic E-state index is 12.5. The fourth-order valence-electron chi connectivity index (χ4n) is 2.99. The lowest BCUT2D eigenvalue weighted by atomic mass is 10.1. The largest absolute Gasteiger partial charge is 0.491 e. The van der Waals surface area contributed by atoms with E-state index in [4.69, 9.17) is 9.15 Å². The summed E-state index contributed by atoms with van der Waals surface area (Å²) in [6, 6.07) is 12.7. The molecule has 5 nitrogen and oxygen atoms in total. The van der Waals surface area contributed by atoms with Crippen LogP contribution in [0.1, 0.15) is 26.7 Å². The second kappa shape index (κ2) is 8.34. The molecule has 3 rings (SSSR count). The van der Waals surface area contributed by atoms with Gasteiger partial charge in [0.15, 0.2) is 0 Å². The van der Waals surface area contributed by atoms with Gasteiger partial charge in [0.25, 0.3) is 0 Å². The lowest BCUT2D eigenvalue weighted by Crippen LogP contribution is -2.36. The van der Waals surface area contributed by atoms with E-state index in [0.717, 1.165) is 12.8 Å². The van der Waals surface area contributed by atoms with Crippen molar-refractivity contribution in [3.63, 3.8) is 0 Å². The molecule has 2 aromatic carbocycles. The van der Waals surface area contributed by atoms with Gasteiger partial charge in [-0.15, -0.1) is 0 Å². The first-order valence-electron chi connectivity index (χ1n) is 9.08. The molecule has 1 heterocycles. The van der Waals surface area contributed by atoms with E-state index in [1.54, 1.807) is 30.3 Å². The van der Waals surface area contributed by atoms with Gasteiger partial charge in [0.2, 0.25) is 5.43 Å². The third kappa shape index (κ3) is 4.23. The predicted molar refractivity (Wildman–Crippen MR) is 104 cm³/mol. The van der Waals surface area contributed by atoms with Gasteiger partial charge in [0, 0.05) is 18.7 Å². The van der Waals surface area contributed by atoms with E-state index in [1.807, 2.05) is 12.1 Å². The van der Waals surface area contributed by atoms with Gasteiger partial charge in [-0.3, -0.25) is 4.79 Å². The normalized spacial score (nSPS) is 13.8. The quantitative estimate of drug-likeness (QED) is 0.606. The van der Waals surface area contributed by atoms with Crippen molar-refractivity contribution >= 4 is 21.9 Å². The number of nitrogens with one attached hydrogen (secondary N) is 1. The van der Waals surface area contributed by atoms with Crippen molar-refractivity contribution in [2.75, 3.05) is 13.2 Å². The van der Waals surface area contributed by atoms with Crippen LogP contribution in [-0.2, 0) is 0 Å². The molecule has 2 unspecified atom stereocenters. The molecule has 0 saturated carbocycles. The standard InChI is InChI=1S/C21H25NO4/c1-3-6-14(2)22-12-15(23)13-25-16-9-10-18-20(11-16)26-19-8-5-4-7-17(19)21(18)24/h4-5,7-11,14-15,22-23H,3,6,12-13H2,1-2H3. The minimum absolute atomic E-state index is 0.0532. The van der Waals surface area contributed by atoms with Gasteiger partial charge in [0.1, 0.15) is 29.6 Å². The van der Waals surface area contributed by atoms with Crippen LogP contribution in [0.15, 0.2) is 51.7 Å². The zero-order valence-electron chi connectivity index (χ0n) is 15.2. The van der Waals surface area contributed by atoms with Gasteiger partial charge in [-0.25, -0.2) is 0 Å². The van der Waals surface area contributed by atoms with Gasteiger partial charge >= 0.3 is 0 Å². The smallest absolute Gasteiger partial charge is 0.200 e. The monoisotopic (exact) mass is 355 g/mol. The van der Waals surface area contributed by atoms with Gasteiger partial charge in [0.05, 0.1) is 10.8 Å². The maximum Gasteiger partial charge on any atom is 0.200 e. The summed E-state index contributed by atoms with van der Waals surface area (Å²) < 4.78 is 11.5. The average molecular weight is 355 g/mol. The van der Waals surface area contributed by atoms with Crippen LogP contribution in [-0.4, -0.2) is 30.4 Å². The molecular weight excluding hydrogens is 330 g/mol. The number of hydrogen-bond acceptors (Lipinski definition) is 5. The Morgan fingerprint density at radius 1 is 1.15 bits per heavy atom. The van der Waals surface area contributed by atoms with E-state index >= 15 is 0 Å². The summed E-state index contributed by atoms with van der Waals surface area (Å²) in [5.41, 5.74) is 0.981. The molecule has 0 bridgehead atoms. The van der Waals surface area contributed by atoms with Crippen molar-refractivity contribution in [1.29, 1.82) is 0 Å². The Balaban J connectivity index is 1.69. The number of para-hydroxylation sites is 1. The van der Waals surface area contributed by atoms with Gasteiger partial charge in [-0.2, -0.15) is 0 Å². The summed E-state index contributed by atoms with van der Waals surface area (Å²) in [5, 5.41) is 14.4. The summed E-state index contributed by atoms with van der Waals surface area (Å²) in [5.74, 6) is 0.566. The number of fused-ring (bicyclic) bond motifs is 2. The Morgan fingerprint density at radius 3 is 2.73 bits per heavy atom. The van der Waals surface area contributed by atoms with Crippen molar-refractivity contribution in [2.24, 2.45) is 0 Å². The Labute approximate surface area is 152 Å². The fraction of sp³-hybridized carbons (Fsp3) is 0.381. The molecule has 0 aliphatic carbocycles. The molecular formula is C21H25NO4. The van der Waals surface area contributed by atoms with Crippen LogP contribution in [0.5, 0.6) is 5.75 Å². The zero-order chi connectivity index (χ0) is 18.5. The highest BCUT2D eigenvalue weighted by atomic mass is 16.5. The molecule has 2 atom stereocenters. The number of benzene rings is 2. The number of rotatable bonds is 8. The molecule has 0 aliphatic rings. The molecule has 3 aromatic rings. The van der Waals surface area contributed by atoms with Crippen molar-refractivity contribution in [3.8, 4) is 5.75 Å². The van der Waals surface area contributed by atoms with Crippen LogP contribution in [0.25, 0.3) is 21.9 Å². The van der Waals surface area contributed by atoms with Crippen LogP contribution in [0.2, 0.25) is 0 Å². The first kappa shape index (κ1) is 18.4. The summed E-state index contributed by atoms with van der Waals surface area (Å²) >= 11 is 0. The van der Waals surface area contributed by atoms with E-state index < -0.39 is 6.10 Å². The topological polar surface area (TPSA) is 71.7 Å². The highest BCUT2D eigenvalue weighted by Crippen LogP contribution is 2.22. The Hall–Kier alpha value is -2.37. The minimum Gasteiger partial charge on any atom is -0.491 e. The van der Waals surface area contributed by atoms with Crippen LogP contribution >= 0.6 is 0 Å². The SMILES string of the molecule is CCCC(C)NCC(O)COc1ccc2c(=O)c3ccccc3oc2c1. The molecule has 0 saturated heterocycles. The number of hydrogen-bond donors (Lipinski definition) is 2. The minimum atomic E-state index is -0.603. The number of aliphatic hydroxyl groups excluding tert-OH is 1. The third-order valence-corrected chi connectivity index (χ3v) is 4.42. The fourth-order valence-corrected chi connectivity index (χ4v) is 2.99. The highest BCUT2D eigenvalue weighted by molar-refractivity contribution is 5.90. The first-order valence-corrected chi connectivity index (χ1v) is 9.08. The summed E-state index contributed by atoms with van der Waals surface area (Å²) in [7, 11) is 0. The van der Waals surface area contributed by atoms with Crippen molar-refractivity contribution in [1.82, 2.24) is 5.32 Å². The molecule has 5 heteroatoms. The summed E-state index contributed by atoms with van der Waals surface area (Å²) in [6.45, 7) is 4.90. The lowest BCUT2D eigenvalue weighted by molar-refractivity contribution is 0.104. The highest BCUT2D eigenvalue weighted by Gasteiger charge is 2.10. The molecule has 0 amide bonds. The number of ether oxygens (including phenoxy) is 1. The Morgan fingerprint density at radius 2 is 1.92 bits per heavy atom. The lowest BCUT2D eigenvalue weighted by Gasteiger charge is -2.17. The van der Waals surface area contributed by atoms with Crippen LogP contribution in [0.4, 0.5) is 0 Å². The molecule has 0 spiro atoms. The van der Waals surface area contributed by atoms with E-state index in [0.29, 0.717) is 40.3 Å². The van der Waals surface area contributed by atoms with E-state index in [9.17, 15) is 9.90 Å². The predicted octanol–water partition coefficient (Wildman–Crippen LogP) is 3.46. The molecule has 0 aliphatic heterocycles. The zero-order valence-corrected chi connectivity index (χ0v) is 15.2. The van der Waals surface area contributed by atoms with Crippen molar-refractivity contribution in [3.05, 3.63) is 52.7 Å².